The fraction of sp³-hybridized carbons (Fsp3) is 0.167. The summed E-state index contributed by atoms with van der Waals surface area (Å²) in [6.07, 6.45) is 4.56. The summed E-state index contributed by atoms with van der Waals surface area (Å²) >= 11 is 0. The molecule has 2 heterocycles. The van der Waals surface area contributed by atoms with E-state index < -0.39 is 0 Å². The Bertz CT molecular complexity index is 545. The second-order valence-electron chi connectivity index (χ2n) is 3.42. The minimum atomic E-state index is 0.244. The predicted molar refractivity (Wildman–Crippen MR) is 60.1 cm³/mol. The molecule has 17 heavy (non-hydrogen) atoms. The lowest BCUT2D eigenvalue weighted by Crippen LogP contribution is -2.03. The van der Waals surface area contributed by atoms with Crippen molar-refractivity contribution in [1.82, 2.24) is 15.0 Å². The van der Waals surface area contributed by atoms with Crippen LogP contribution in [0, 0.1) is 18.3 Å². The van der Waals surface area contributed by atoms with Crippen molar-refractivity contribution in [1.29, 1.82) is 5.26 Å². The molecule has 0 aliphatic heterocycles. The molecule has 0 fully saturated rings. The SMILES string of the molecule is Cc1cccnc1COc1ncc(C#N)cn1. The van der Waals surface area contributed by atoms with Gasteiger partial charge >= 0.3 is 6.01 Å². The van der Waals surface area contributed by atoms with Gasteiger partial charge < -0.3 is 4.74 Å². The fourth-order valence-electron chi connectivity index (χ4n) is 1.25. The van der Waals surface area contributed by atoms with Crippen molar-refractivity contribution in [3.8, 4) is 12.1 Å². The molecule has 5 heteroatoms. The van der Waals surface area contributed by atoms with Gasteiger partial charge in [-0.3, -0.25) is 4.98 Å². The summed E-state index contributed by atoms with van der Waals surface area (Å²) in [7, 11) is 0. The average Bonchev–Trinajstić information content (AvgIpc) is 2.38. The Morgan fingerprint density at radius 3 is 2.71 bits per heavy atom. The monoisotopic (exact) mass is 226 g/mol. The largest absolute Gasteiger partial charge is 0.457 e. The van der Waals surface area contributed by atoms with Crippen LogP contribution in [0.5, 0.6) is 6.01 Å². The van der Waals surface area contributed by atoms with Gasteiger partial charge in [0, 0.05) is 6.20 Å². The molecule has 0 spiro atoms. The van der Waals surface area contributed by atoms with Crippen LogP contribution in [0.2, 0.25) is 0 Å². The molecule has 84 valence electrons. The van der Waals surface area contributed by atoms with Crippen molar-refractivity contribution < 1.29 is 4.74 Å². The number of ether oxygens (including phenoxy) is 1. The Morgan fingerprint density at radius 2 is 2.06 bits per heavy atom. The highest BCUT2D eigenvalue weighted by atomic mass is 16.5. The van der Waals surface area contributed by atoms with Crippen molar-refractivity contribution >= 4 is 0 Å². The van der Waals surface area contributed by atoms with Crippen LogP contribution in [-0.2, 0) is 6.61 Å². The lowest BCUT2D eigenvalue weighted by molar-refractivity contribution is 0.275. The highest BCUT2D eigenvalue weighted by molar-refractivity contribution is 5.22. The molecule has 0 amide bonds. The Balaban J connectivity index is 2.03. The molecule has 5 nitrogen and oxygen atoms in total. The van der Waals surface area contributed by atoms with E-state index in [0.29, 0.717) is 12.2 Å². The van der Waals surface area contributed by atoms with Crippen molar-refractivity contribution in [3.63, 3.8) is 0 Å². The number of rotatable bonds is 3. The molecule has 0 radical (unpaired) electrons. The maximum Gasteiger partial charge on any atom is 0.316 e. The summed E-state index contributed by atoms with van der Waals surface area (Å²) in [4.78, 5) is 12.0. The molecule has 0 saturated heterocycles. The minimum Gasteiger partial charge on any atom is -0.457 e. The first-order chi connectivity index (χ1) is 8.29. The Hall–Kier alpha value is -2.48. The Morgan fingerprint density at radius 1 is 1.29 bits per heavy atom. The maximum absolute atomic E-state index is 8.59. The molecule has 2 aromatic heterocycles. The normalized spacial score (nSPS) is 9.65. The van der Waals surface area contributed by atoms with Gasteiger partial charge in [0.2, 0.25) is 0 Å². The number of nitriles is 1. The van der Waals surface area contributed by atoms with E-state index in [0.717, 1.165) is 11.3 Å². The summed E-state index contributed by atoms with van der Waals surface area (Å²) in [5.41, 5.74) is 2.31. The topological polar surface area (TPSA) is 71.7 Å². The molecular weight excluding hydrogens is 216 g/mol. The van der Waals surface area contributed by atoms with Gasteiger partial charge in [0.25, 0.3) is 0 Å². The number of pyridine rings is 1. The number of aromatic nitrogens is 3. The Kier molecular flexibility index (Phi) is 3.26. The van der Waals surface area contributed by atoms with Crippen molar-refractivity contribution in [2.45, 2.75) is 13.5 Å². The number of hydrogen-bond donors (Lipinski definition) is 0. The van der Waals surface area contributed by atoms with Gasteiger partial charge in [-0.15, -0.1) is 0 Å². The van der Waals surface area contributed by atoms with Gasteiger partial charge in [0.05, 0.1) is 23.7 Å². The molecule has 0 saturated carbocycles. The fourth-order valence-corrected chi connectivity index (χ4v) is 1.25. The maximum atomic E-state index is 8.59. The summed E-state index contributed by atoms with van der Waals surface area (Å²) < 4.78 is 5.38. The highest BCUT2D eigenvalue weighted by Gasteiger charge is 2.02. The smallest absolute Gasteiger partial charge is 0.316 e. The molecule has 0 N–H and O–H groups in total. The van der Waals surface area contributed by atoms with Gasteiger partial charge in [-0.2, -0.15) is 5.26 Å². The second kappa shape index (κ2) is 5.03. The third-order valence-corrected chi connectivity index (χ3v) is 2.21. The average molecular weight is 226 g/mol. The van der Waals surface area contributed by atoms with E-state index in [2.05, 4.69) is 15.0 Å². The number of nitrogens with zero attached hydrogens (tertiary/aromatic N) is 4. The molecule has 0 aliphatic carbocycles. The van der Waals surface area contributed by atoms with Gasteiger partial charge in [-0.1, -0.05) is 6.07 Å². The van der Waals surface area contributed by atoms with Crippen molar-refractivity contribution in [3.05, 3.63) is 47.5 Å². The van der Waals surface area contributed by atoms with E-state index in [1.54, 1.807) is 6.20 Å². The van der Waals surface area contributed by atoms with Crippen LogP contribution in [0.25, 0.3) is 0 Å². The molecule has 2 rings (SSSR count). The number of aryl methyl sites for hydroxylation is 1. The molecule has 0 aromatic carbocycles. The van der Waals surface area contributed by atoms with Crippen molar-refractivity contribution in [2.75, 3.05) is 0 Å². The highest BCUT2D eigenvalue weighted by Crippen LogP contribution is 2.07. The minimum absolute atomic E-state index is 0.244. The van der Waals surface area contributed by atoms with Gasteiger partial charge in [-0.25, -0.2) is 9.97 Å². The molecule has 0 atom stereocenters. The molecular formula is C12H10N4O. The number of hydrogen-bond acceptors (Lipinski definition) is 5. The van der Waals surface area contributed by atoms with E-state index in [-0.39, 0.29) is 6.01 Å². The van der Waals surface area contributed by atoms with E-state index in [4.69, 9.17) is 10.00 Å². The zero-order valence-electron chi connectivity index (χ0n) is 9.29. The van der Waals surface area contributed by atoms with Crippen LogP contribution in [0.1, 0.15) is 16.8 Å². The quantitative estimate of drug-likeness (QED) is 0.795. The first-order valence-electron chi connectivity index (χ1n) is 5.05. The van der Waals surface area contributed by atoms with Crippen LogP contribution >= 0.6 is 0 Å². The first-order valence-corrected chi connectivity index (χ1v) is 5.05. The first kappa shape index (κ1) is 11.0. The van der Waals surface area contributed by atoms with E-state index in [1.165, 1.54) is 12.4 Å². The van der Waals surface area contributed by atoms with E-state index in [1.807, 2.05) is 25.1 Å². The Labute approximate surface area is 98.7 Å². The zero-order chi connectivity index (χ0) is 12.1. The summed E-state index contributed by atoms with van der Waals surface area (Å²) in [5, 5.41) is 8.59. The van der Waals surface area contributed by atoms with Crippen LogP contribution in [0.15, 0.2) is 30.7 Å². The standard InChI is InChI=1S/C12H10N4O/c1-9-3-2-4-14-11(9)8-17-12-15-6-10(5-13)7-16-12/h2-4,6-7H,8H2,1H3. The lowest BCUT2D eigenvalue weighted by atomic mass is 10.2. The van der Waals surface area contributed by atoms with Gasteiger partial charge in [0.1, 0.15) is 12.7 Å². The molecule has 0 aliphatic rings. The van der Waals surface area contributed by atoms with Crippen molar-refractivity contribution in [2.24, 2.45) is 0 Å². The molecule has 0 unspecified atom stereocenters. The third kappa shape index (κ3) is 2.75. The predicted octanol–water partition coefficient (Wildman–Crippen LogP) is 1.63. The molecule has 2 aromatic rings. The summed E-state index contributed by atoms with van der Waals surface area (Å²) in [5.74, 6) is 0. The van der Waals surface area contributed by atoms with E-state index in [9.17, 15) is 0 Å². The van der Waals surface area contributed by atoms with Crippen LogP contribution in [-0.4, -0.2) is 15.0 Å². The molecule has 0 bridgehead atoms. The summed E-state index contributed by atoms with van der Waals surface area (Å²) in [6, 6.07) is 6.02. The lowest BCUT2D eigenvalue weighted by Gasteiger charge is -2.05. The van der Waals surface area contributed by atoms with Crippen LogP contribution in [0.4, 0.5) is 0 Å². The van der Waals surface area contributed by atoms with Gasteiger partial charge in [0.15, 0.2) is 0 Å². The van der Waals surface area contributed by atoms with Gasteiger partial charge in [-0.05, 0) is 18.6 Å². The summed E-state index contributed by atoms with van der Waals surface area (Å²) in [6.45, 7) is 2.28. The van der Waals surface area contributed by atoms with Crippen LogP contribution < -0.4 is 4.74 Å². The van der Waals surface area contributed by atoms with E-state index >= 15 is 0 Å². The van der Waals surface area contributed by atoms with Crippen LogP contribution in [0.3, 0.4) is 0 Å². The second-order valence-corrected chi connectivity index (χ2v) is 3.42. The third-order valence-electron chi connectivity index (χ3n) is 2.21. The zero-order valence-corrected chi connectivity index (χ0v) is 9.29.